The average molecular weight is 273 g/mol. The van der Waals surface area contributed by atoms with Crippen LogP contribution in [0.1, 0.15) is 33.7 Å². The molecule has 1 aliphatic rings. The molecule has 0 bridgehead atoms. The first-order valence-corrected chi connectivity index (χ1v) is 6.27. The van der Waals surface area contributed by atoms with Crippen LogP contribution in [0.25, 0.3) is 0 Å². The molecule has 1 aliphatic heterocycles. The summed E-state index contributed by atoms with van der Waals surface area (Å²) in [7, 11) is 0. The van der Waals surface area contributed by atoms with Crippen molar-refractivity contribution in [2.45, 2.75) is 19.8 Å². The predicted octanol–water partition coefficient (Wildman–Crippen LogP) is 2.84. The molecule has 0 spiro atoms. The van der Waals surface area contributed by atoms with Crippen LogP contribution in [0.4, 0.5) is 10.1 Å². The van der Waals surface area contributed by atoms with Gasteiger partial charge < -0.3 is 9.73 Å². The Labute approximate surface area is 114 Å². The van der Waals surface area contributed by atoms with E-state index in [1.807, 2.05) is 0 Å². The number of hydrogen-bond donors (Lipinski definition) is 1. The Morgan fingerprint density at radius 3 is 2.85 bits per heavy atom. The number of fused-ring (bicyclic) bond motifs is 1. The summed E-state index contributed by atoms with van der Waals surface area (Å²) in [4.78, 5) is 23.5. The van der Waals surface area contributed by atoms with E-state index in [9.17, 15) is 14.0 Å². The van der Waals surface area contributed by atoms with Crippen LogP contribution in [0, 0.1) is 12.7 Å². The number of rotatable bonds is 2. The number of nitrogens with one attached hydrogen (secondary N) is 1. The molecule has 0 radical (unpaired) electrons. The standard InChI is InChI=1S/C15H12FNO3/c1-8-4-5-20-15(8)14(19)10-6-9-2-3-13(18)17-12(9)7-11(10)16/h4-7H,2-3H2,1H3,(H,17,18). The van der Waals surface area contributed by atoms with Crippen molar-refractivity contribution in [2.24, 2.45) is 0 Å². The van der Waals surface area contributed by atoms with Crippen LogP contribution in [0.2, 0.25) is 0 Å². The van der Waals surface area contributed by atoms with Crippen molar-refractivity contribution in [1.29, 1.82) is 0 Å². The van der Waals surface area contributed by atoms with Crippen LogP contribution in [-0.2, 0) is 11.2 Å². The Balaban J connectivity index is 2.05. The van der Waals surface area contributed by atoms with Crippen molar-refractivity contribution >= 4 is 17.4 Å². The number of aryl methyl sites for hydroxylation is 2. The third-order valence-corrected chi connectivity index (χ3v) is 3.40. The molecule has 0 saturated heterocycles. The van der Waals surface area contributed by atoms with E-state index in [1.165, 1.54) is 18.4 Å². The second-order valence-electron chi connectivity index (χ2n) is 4.80. The minimum Gasteiger partial charge on any atom is -0.461 e. The van der Waals surface area contributed by atoms with Crippen molar-refractivity contribution in [3.8, 4) is 0 Å². The van der Waals surface area contributed by atoms with Crippen molar-refractivity contribution in [3.63, 3.8) is 0 Å². The summed E-state index contributed by atoms with van der Waals surface area (Å²) in [6.07, 6.45) is 2.24. The highest BCUT2D eigenvalue weighted by atomic mass is 19.1. The van der Waals surface area contributed by atoms with Crippen LogP contribution in [0.3, 0.4) is 0 Å². The predicted molar refractivity (Wildman–Crippen MR) is 70.2 cm³/mol. The second-order valence-corrected chi connectivity index (χ2v) is 4.80. The third kappa shape index (κ3) is 2.01. The van der Waals surface area contributed by atoms with E-state index < -0.39 is 11.6 Å². The lowest BCUT2D eigenvalue weighted by atomic mass is 9.97. The summed E-state index contributed by atoms with van der Waals surface area (Å²) >= 11 is 0. The van der Waals surface area contributed by atoms with Gasteiger partial charge in [0, 0.05) is 12.1 Å². The van der Waals surface area contributed by atoms with Crippen LogP contribution in [-0.4, -0.2) is 11.7 Å². The number of carbonyl (C=O) groups is 2. The van der Waals surface area contributed by atoms with Gasteiger partial charge in [0.25, 0.3) is 0 Å². The minimum absolute atomic E-state index is 0.0297. The third-order valence-electron chi connectivity index (χ3n) is 3.40. The highest BCUT2D eigenvalue weighted by molar-refractivity contribution is 6.09. The number of amides is 1. The number of ketones is 1. The second kappa shape index (κ2) is 4.59. The van der Waals surface area contributed by atoms with Crippen molar-refractivity contribution in [1.82, 2.24) is 0 Å². The first kappa shape index (κ1) is 12.6. The zero-order valence-electron chi connectivity index (χ0n) is 10.8. The Morgan fingerprint density at radius 2 is 2.15 bits per heavy atom. The van der Waals surface area contributed by atoms with Gasteiger partial charge in [-0.05, 0) is 42.7 Å². The van der Waals surface area contributed by atoms with E-state index in [0.29, 0.717) is 24.1 Å². The number of hydrogen-bond acceptors (Lipinski definition) is 3. The Kier molecular flexibility index (Phi) is 2.89. The lowest BCUT2D eigenvalue weighted by Crippen LogP contribution is -2.20. The molecule has 4 nitrogen and oxygen atoms in total. The fourth-order valence-electron chi connectivity index (χ4n) is 2.30. The Bertz CT molecular complexity index is 718. The van der Waals surface area contributed by atoms with E-state index in [1.54, 1.807) is 13.0 Å². The van der Waals surface area contributed by atoms with Gasteiger partial charge in [-0.1, -0.05) is 0 Å². The summed E-state index contributed by atoms with van der Waals surface area (Å²) < 4.78 is 19.2. The molecule has 5 heteroatoms. The monoisotopic (exact) mass is 273 g/mol. The van der Waals surface area contributed by atoms with Gasteiger partial charge in [0.1, 0.15) is 5.82 Å². The summed E-state index contributed by atoms with van der Waals surface area (Å²) in [5.74, 6) is -1.14. The van der Waals surface area contributed by atoms with Gasteiger partial charge in [-0.15, -0.1) is 0 Å². The lowest BCUT2D eigenvalue weighted by Gasteiger charge is -2.17. The van der Waals surface area contributed by atoms with Gasteiger partial charge in [-0.25, -0.2) is 4.39 Å². The number of benzene rings is 1. The molecule has 0 unspecified atom stereocenters. The van der Waals surface area contributed by atoms with E-state index >= 15 is 0 Å². The normalized spacial score (nSPS) is 13.8. The van der Waals surface area contributed by atoms with Crippen molar-refractivity contribution in [3.05, 3.63) is 52.7 Å². The highest BCUT2D eigenvalue weighted by Crippen LogP contribution is 2.27. The molecule has 0 saturated carbocycles. The van der Waals surface area contributed by atoms with Crippen LogP contribution in [0.5, 0.6) is 0 Å². The van der Waals surface area contributed by atoms with Crippen molar-refractivity contribution in [2.75, 3.05) is 5.32 Å². The summed E-state index contributed by atoms with van der Waals surface area (Å²) in [5.41, 5.74) is 1.84. The molecular formula is C15H12FNO3. The molecule has 1 aromatic carbocycles. The molecule has 2 aromatic rings. The number of halogens is 1. The number of carbonyl (C=O) groups excluding carboxylic acids is 2. The van der Waals surface area contributed by atoms with Crippen LogP contribution >= 0.6 is 0 Å². The van der Waals surface area contributed by atoms with Crippen molar-refractivity contribution < 1.29 is 18.4 Å². The largest absolute Gasteiger partial charge is 0.461 e. The van der Waals surface area contributed by atoms with E-state index in [2.05, 4.69) is 5.32 Å². The first-order chi connectivity index (χ1) is 9.56. The van der Waals surface area contributed by atoms with Crippen LogP contribution in [0.15, 0.2) is 28.9 Å². The van der Waals surface area contributed by atoms with Gasteiger partial charge in [0.15, 0.2) is 5.76 Å². The Hall–Kier alpha value is -2.43. The Morgan fingerprint density at radius 1 is 1.35 bits per heavy atom. The molecule has 0 atom stereocenters. The van der Waals surface area contributed by atoms with E-state index in [-0.39, 0.29) is 17.2 Å². The van der Waals surface area contributed by atoms with Gasteiger partial charge in [-0.2, -0.15) is 0 Å². The molecule has 0 aliphatic carbocycles. The molecule has 0 fully saturated rings. The molecule has 2 heterocycles. The van der Waals surface area contributed by atoms with Gasteiger partial charge in [-0.3, -0.25) is 9.59 Å². The summed E-state index contributed by atoms with van der Waals surface area (Å²) in [6, 6.07) is 4.34. The zero-order valence-corrected chi connectivity index (χ0v) is 10.8. The zero-order chi connectivity index (χ0) is 14.3. The van der Waals surface area contributed by atoms with E-state index in [0.717, 1.165) is 5.56 Å². The van der Waals surface area contributed by atoms with Gasteiger partial charge in [0.05, 0.1) is 11.8 Å². The number of furan rings is 1. The first-order valence-electron chi connectivity index (χ1n) is 6.27. The summed E-state index contributed by atoms with van der Waals surface area (Å²) in [5, 5.41) is 2.60. The topological polar surface area (TPSA) is 59.3 Å². The van der Waals surface area contributed by atoms with Gasteiger partial charge >= 0.3 is 0 Å². The molecule has 1 aromatic heterocycles. The lowest BCUT2D eigenvalue weighted by molar-refractivity contribution is -0.116. The molecule has 1 N–H and O–H groups in total. The summed E-state index contributed by atoms with van der Waals surface area (Å²) in [6.45, 7) is 1.73. The molecule has 3 rings (SSSR count). The van der Waals surface area contributed by atoms with Gasteiger partial charge in [0.2, 0.25) is 11.7 Å². The maximum Gasteiger partial charge on any atom is 0.231 e. The quantitative estimate of drug-likeness (QED) is 0.856. The molecule has 1 amide bonds. The smallest absolute Gasteiger partial charge is 0.231 e. The maximum absolute atomic E-state index is 14.1. The fraction of sp³-hybridized carbons (Fsp3) is 0.200. The average Bonchev–Trinajstić information content (AvgIpc) is 2.83. The highest BCUT2D eigenvalue weighted by Gasteiger charge is 2.23. The van der Waals surface area contributed by atoms with Crippen LogP contribution < -0.4 is 5.32 Å². The molecule has 102 valence electrons. The number of anilines is 1. The van der Waals surface area contributed by atoms with E-state index in [4.69, 9.17) is 4.42 Å². The SMILES string of the molecule is Cc1ccoc1C(=O)c1cc2c(cc1F)NC(=O)CC2. The fourth-order valence-corrected chi connectivity index (χ4v) is 2.30. The molecular weight excluding hydrogens is 261 g/mol. The molecule has 20 heavy (non-hydrogen) atoms. The maximum atomic E-state index is 14.1. The minimum atomic E-state index is -0.660.